The number of aliphatic imine (C=N–C) groups is 2. The molecule has 2 atom stereocenters. The molecule has 0 saturated carbocycles. The van der Waals surface area contributed by atoms with Gasteiger partial charge in [0.05, 0.1) is 48.8 Å². The van der Waals surface area contributed by atoms with Crippen LogP contribution in [-0.2, 0) is 24.4 Å². The number of allylic oxidation sites excluding steroid dienone is 2. The molecule has 0 aliphatic carbocycles. The Morgan fingerprint density at radius 2 is 1.24 bits per heavy atom. The lowest BCUT2D eigenvalue weighted by atomic mass is 10.0. The molecule has 13 nitrogen and oxygen atoms in total. The second-order valence-electron chi connectivity index (χ2n) is 18.5. The molecule has 0 bridgehead atoms. The van der Waals surface area contributed by atoms with Gasteiger partial charge in [0.1, 0.15) is 13.2 Å². The minimum Gasteiger partial charge on any atom is -0.493 e. The van der Waals surface area contributed by atoms with Crippen molar-refractivity contribution in [2.45, 2.75) is 96.3 Å². The first-order chi connectivity index (χ1) is 32.4. The van der Waals surface area contributed by atoms with Crippen molar-refractivity contribution in [1.29, 1.82) is 0 Å². The van der Waals surface area contributed by atoms with Crippen LogP contribution < -0.4 is 18.9 Å². The summed E-state index contributed by atoms with van der Waals surface area (Å²) in [6, 6.07) is 13.4. The van der Waals surface area contributed by atoms with Crippen LogP contribution in [0.1, 0.15) is 97.2 Å². The molecular weight excluding hydrogens is 885 g/mol. The summed E-state index contributed by atoms with van der Waals surface area (Å²) in [6.45, 7) is 14.3. The van der Waals surface area contributed by atoms with Gasteiger partial charge in [0.15, 0.2) is 23.0 Å². The van der Waals surface area contributed by atoms with Crippen molar-refractivity contribution in [1.82, 2.24) is 19.6 Å². The summed E-state index contributed by atoms with van der Waals surface area (Å²) in [5, 5.41) is 0. The zero-order chi connectivity index (χ0) is 47.2. The Hall–Kier alpha value is -5.25. The van der Waals surface area contributed by atoms with Gasteiger partial charge in [-0.3, -0.25) is 29.3 Å². The maximum Gasteiger partial charge on any atom is 0.257 e. The Bertz CT molecular complexity index is 2340. The van der Waals surface area contributed by atoms with Crippen molar-refractivity contribution in [3.63, 3.8) is 0 Å². The normalized spacial score (nSPS) is 20.4. The van der Waals surface area contributed by atoms with Crippen LogP contribution in [0, 0.1) is 0 Å². The zero-order valence-corrected chi connectivity index (χ0v) is 41.6. The molecule has 0 aromatic heterocycles. The van der Waals surface area contributed by atoms with Gasteiger partial charge in [-0.25, -0.2) is 0 Å². The van der Waals surface area contributed by atoms with Crippen LogP contribution in [0.25, 0.3) is 0 Å². The molecule has 15 heteroatoms. The SMILES string of the molecule is C/C=C1\C[C@H]2C=Nc3cc(OCc4cc(CCCN5CCN(C(=O)CCC(C)(C)SSC)CC5)cc(COc5cc6c(cc5OC)C(=O)N5C/C(=C/C)C[C@H]5C=N6)c4)c(OC)cc3C(=O)N2C1. The van der Waals surface area contributed by atoms with Gasteiger partial charge >= 0.3 is 0 Å². The molecule has 0 N–H and O–H groups in total. The summed E-state index contributed by atoms with van der Waals surface area (Å²) in [4.78, 5) is 58.3. The van der Waals surface area contributed by atoms with E-state index in [1.807, 2.05) is 51.8 Å². The zero-order valence-electron chi connectivity index (χ0n) is 40.0. The Morgan fingerprint density at radius 1 is 0.731 bits per heavy atom. The lowest BCUT2D eigenvalue weighted by molar-refractivity contribution is -0.133. The average molecular weight is 949 g/mol. The summed E-state index contributed by atoms with van der Waals surface area (Å²) in [5.41, 5.74) is 7.59. The van der Waals surface area contributed by atoms with E-state index in [9.17, 15) is 14.4 Å². The molecule has 3 aromatic rings. The monoisotopic (exact) mass is 948 g/mol. The summed E-state index contributed by atoms with van der Waals surface area (Å²) in [5.74, 6) is 2.04. The van der Waals surface area contributed by atoms with Crippen LogP contribution in [0.15, 0.2) is 75.7 Å². The highest BCUT2D eigenvalue weighted by atomic mass is 33.1. The smallest absolute Gasteiger partial charge is 0.257 e. The quantitative estimate of drug-likeness (QED) is 0.0956. The minimum atomic E-state index is -0.0827. The molecule has 3 amide bonds. The number of carbonyl (C=O) groups is 3. The Labute approximate surface area is 403 Å². The van der Waals surface area contributed by atoms with E-state index in [1.165, 1.54) is 11.1 Å². The number of hydrogen-bond donors (Lipinski definition) is 0. The maximum absolute atomic E-state index is 13.7. The first kappa shape index (κ1) is 48.2. The summed E-state index contributed by atoms with van der Waals surface area (Å²) in [6.07, 6.45) is 14.8. The number of methoxy groups -OCH3 is 2. The largest absolute Gasteiger partial charge is 0.493 e. The van der Waals surface area contributed by atoms with E-state index in [4.69, 9.17) is 28.9 Å². The number of aryl methyl sites for hydroxylation is 1. The number of amides is 3. The Balaban J connectivity index is 0.975. The topological polar surface area (TPSA) is 126 Å². The van der Waals surface area contributed by atoms with Crippen molar-refractivity contribution in [3.05, 3.63) is 93.6 Å². The molecule has 3 aromatic carbocycles. The number of piperazine rings is 1. The van der Waals surface area contributed by atoms with E-state index < -0.39 is 0 Å². The number of rotatable bonds is 17. The van der Waals surface area contributed by atoms with Crippen LogP contribution in [-0.4, -0.2) is 133 Å². The molecule has 356 valence electrons. The Kier molecular flexibility index (Phi) is 15.4. The number of carbonyl (C=O) groups excluding carboxylic acids is 3. The summed E-state index contributed by atoms with van der Waals surface area (Å²) < 4.78 is 24.7. The lowest BCUT2D eigenvalue weighted by Gasteiger charge is -2.35. The predicted molar refractivity (Wildman–Crippen MR) is 270 cm³/mol. The second kappa shape index (κ2) is 21.4. The molecule has 0 radical (unpaired) electrons. The van der Waals surface area contributed by atoms with Gasteiger partial charge in [-0.05, 0) is 107 Å². The first-order valence-electron chi connectivity index (χ1n) is 23.4. The van der Waals surface area contributed by atoms with E-state index in [-0.39, 0.29) is 47.8 Å². The minimum absolute atomic E-state index is 0.0692. The molecule has 3 fully saturated rings. The highest BCUT2D eigenvalue weighted by Gasteiger charge is 2.36. The van der Waals surface area contributed by atoms with Crippen LogP contribution >= 0.6 is 21.6 Å². The first-order valence-corrected chi connectivity index (χ1v) is 26.0. The third-order valence-electron chi connectivity index (χ3n) is 13.4. The van der Waals surface area contributed by atoms with Gasteiger partial charge in [-0.2, -0.15) is 0 Å². The third kappa shape index (κ3) is 11.2. The highest BCUT2D eigenvalue weighted by Crippen LogP contribution is 2.41. The highest BCUT2D eigenvalue weighted by molar-refractivity contribution is 8.76. The maximum atomic E-state index is 13.7. The molecule has 5 heterocycles. The molecular formula is C52H64N6O7S2. The van der Waals surface area contributed by atoms with E-state index in [0.29, 0.717) is 65.0 Å². The fourth-order valence-corrected chi connectivity index (χ4v) is 11.8. The third-order valence-corrected chi connectivity index (χ3v) is 16.1. The molecule has 67 heavy (non-hydrogen) atoms. The standard InChI is InChI=1S/C52H64N6O7S2/c1-8-34-22-39-28-53-43-26-47(45(62-5)24-41(43)50(60)57(39)30-34)64-32-37-19-36(11-10-14-55-15-17-56(18-16-55)49(59)12-13-52(3,4)67-66-7)20-38(21-37)33-65-48-27-44-42(25-46(48)63-6)51(61)58-31-35(9-2)23-40(58)29-54-44/h8-9,19-21,24-29,39-40H,10-18,22-23,30-33H2,1-7H3/b34-8+,35-9+/t39-,40-/m0/s1. The number of hydrogen-bond acceptors (Lipinski definition) is 12. The van der Waals surface area contributed by atoms with Crippen LogP contribution in [0.2, 0.25) is 0 Å². The van der Waals surface area contributed by atoms with E-state index in [2.05, 4.69) is 55.4 Å². The Morgan fingerprint density at radius 3 is 1.72 bits per heavy atom. The van der Waals surface area contributed by atoms with Gasteiger partial charge in [0.2, 0.25) is 5.91 Å². The second-order valence-corrected chi connectivity index (χ2v) is 21.6. The van der Waals surface area contributed by atoms with Crippen molar-refractivity contribution in [3.8, 4) is 23.0 Å². The average Bonchev–Trinajstić information content (AvgIpc) is 3.91. The lowest BCUT2D eigenvalue weighted by Crippen LogP contribution is -2.49. The summed E-state index contributed by atoms with van der Waals surface area (Å²) in [7, 11) is 6.75. The molecule has 5 aliphatic rings. The fraction of sp³-hybridized carbons (Fsp3) is 0.481. The number of benzene rings is 3. The molecule has 5 aliphatic heterocycles. The molecule has 0 unspecified atom stereocenters. The van der Waals surface area contributed by atoms with Crippen LogP contribution in [0.3, 0.4) is 0 Å². The van der Waals surface area contributed by atoms with Gasteiger partial charge in [-0.1, -0.05) is 57.0 Å². The van der Waals surface area contributed by atoms with Crippen molar-refractivity contribution >= 4 is 63.1 Å². The van der Waals surface area contributed by atoms with Crippen molar-refractivity contribution in [2.75, 3.05) is 66.3 Å². The number of nitrogens with zero attached hydrogens (tertiary/aromatic N) is 6. The molecule has 3 saturated heterocycles. The van der Waals surface area contributed by atoms with Crippen molar-refractivity contribution < 1.29 is 33.3 Å². The number of fused-ring (bicyclic) bond motifs is 4. The van der Waals surface area contributed by atoms with Crippen LogP contribution in [0.4, 0.5) is 11.4 Å². The van der Waals surface area contributed by atoms with E-state index in [0.717, 1.165) is 81.5 Å². The predicted octanol–water partition coefficient (Wildman–Crippen LogP) is 9.26. The van der Waals surface area contributed by atoms with Crippen molar-refractivity contribution in [2.24, 2.45) is 9.98 Å². The van der Waals surface area contributed by atoms with Gasteiger partial charge in [0, 0.05) is 75.0 Å². The molecule has 0 spiro atoms. The van der Waals surface area contributed by atoms with E-state index in [1.54, 1.807) is 49.3 Å². The van der Waals surface area contributed by atoms with Gasteiger partial charge in [-0.15, -0.1) is 0 Å². The van der Waals surface area contributed by atoms with Crippen LogP contribution in [0.5, 0.6) is 23.0 Å². The number of ether oxygens (including phenoxy) is 4. The fourth-order valence-electron chi connectivity index (χ4n) is 9.56. The van der Waals surface area contributed by atoms with E-state index >= 15 is 0 Å². The van der Waals surface area contributed by atoms with Gasteiger partial charge in [0.25, 0.3) is 11.8 Å². The molecule has 8 rings (SSSR count). The summed E-state index contributed by atoms with van der Waals surface area (Å²) >= 11 is 0. The van der Waals surface area contributed by atoms with Gasteiger partial charge < -0.3 is 33.6 Å².